The fourth-order valence-electron chi connectivity index (χ4n) is 2.06. The molecule has 9 heteroatoms. The molecular formula is C14H14BrF2NO5. The molecule has 126 valence electrons. The molecule has 0 saturated heterocycles. The van der Waals surface area contributed by atoms with Gasteiger partial charge in [0.1, 0.15) is 19.3 Å². The second-order valence-corrected chi connectivity index (χ2v) is 5.70. The van der Waals surface area contributed by atoms with Crippen LogP contribution in [-0.4, -0.2) is 42.7 Å². The van der Waals surface area contributed by atoms with Crippen LogP contribution in [0.5, 0.6) is 11.5 Å². The Balaban J connectivity index is 2.06. The van der Waals surface area contributed by atoms with Crippen LogP contribution in [0.25, 0.3) is 0 Å². The molecule has 23 heavy (non-hydrogen) atoms. The van der Waals surface area contributed by atoms with Crippen LogP contribution >= 0.6 is 15.9 Å². The number of carboxylic acids is 1. The van der Waals surface area contributed by atoms with Gasteiger partial charge in [-0.1, -0.05) is 15.9 Å². The van der Waals surface area contributed by atoms with E-state index in [2.05, 4.69) is 21.2 Å². The highest BCUT2D eigenvalue weighted by molar-refractivity contribution is 9.10. The zero-order chi connectivity index (χ0) is 17.0. The first-order valence-corrected chi connectivity index (χ1v) is 7.54. The van der Waals surface area contributed by atoms with Crippen LogP contribution in [0.4, 0.5) is 8.78 Å². The van der Waals surface area contributed by atoms with Crippen molar-refractivity contribution in [2.45, 2.75) is 25.3 Å². The van der Waals surface area contributed by atoms with Gasteiger partial charge in [0.05, 0.1) is 6.42 Å². The van der Waals surface area contributed by atoms with E-state index in [1.165, 1.54) is 0 Å². The highest BCUT2D eigenvalue weighted by Crippen LogP contribution is 2.35. The van der Waals surface area contributed by atoms with E-state index >= 15 is 0 Å². The third kappa shape index (κ3) is 4.78. The molecule has 1 atom stereocenters. The van der Waals surface area contributed by atoms with Crippen molar-refractivity contribution in [1.82, 2.24) is 5.32 Å². The van der Waals surface area contributed by atoms with Crippen LogP contribution in [-0.2, 0) is 16.0 Å². The number of carboxylic acid groups (broad SMARTS) is 1. The van der Waals surface area contributed by atoms with Gasteiger partial charge in [0, 0.05) is 10.9 Å². The summed E-state index contributed by atoms with van der Waals surface area (Å²) >= 11 is 3.29. The van der Waals surface area contributed by atoms with Crippen molar-refractivity contribution in [1.29, 1.82) is 0 Å². The van der Waals surface area contributed by atoms with E-state index in [0.717, 1.165) is 0 Å². The van der Waals surface area contributed by atoms with E-state index in [1.54, 1.807) is 12.1 Å². The highest BCUT2D eigenvalue weighted by atomic mass is 79.9. The van der Waals surface area contributed by atoms with Crippen LogP contribution in [0, 0.1) is 0 Å². The number of alkyl halides is 2. The van der Waals surface area contributed by atoms with Gasteiger partial charge in [-0.3, -0.25) is 4.79 Å². The van der Waals surface area contributed by atoms with E-state index < -0.39 is 30.8 Å². The Morgan fingerprint density at radius 2 is 1.87 bits per heavy atom. The normalized spacial score (nSPS) is 14.4. The summed E-state index contributed by atoms with van der Waals surface area (Å²) in [5.74, 6) is -1.16. The molecule has 0 bridgehead atoms. The molecular weight excluding hydrogens is 380 g/mol. The van der Waals surface area contributed by atoms with Crippen LogP contribution in [0.2, 0.25) is 0 Å². The molecule has 1 aliphatic heterocycles. The minimum absolute atomic E-state index is 0.176. The molecule has 1 unspecified atom stereocenters. The van der Waals surface area contributed by atoms with Crippen molar-refractivity contribution in [2.24, 2.45) is 0 Å². The van der Waals surface area contributed by atoms with Crippen molar-refractivity contribution in [3.05, 3.63) is 22.2 Å². The standard InChI is InChI=1S/C14H14BrF2NO5/c15-8-5-11-10(22-1-2-23-11)3-7(8)4-13(19)18-9(14(20)21)6-12(16)17/h3,5,9,12H,1-2,4,6H2,(H,18,19)(H,20,21). The predicted octanol–water partition coefficient (Wildman–Crippen LogP) is 1.99. The van der Waals surface area contributed by atoms with E-state index in [1.807, 2.05) is 0 Å². The lowest BCUT2D eigenvalue weighted by Crippen LogP contribution is -2.42. The lowest BCUT2D eigenvalue weighted by atomic mass is 10.1. The fourth-order valence-corrected chi connectivity index (χ4v) is 2.52. The summed E-state index contributed by atoms with van der Waals surface area (Å²) in [4.78, 5) is 22.8. The molecule has 1 aliphatic rings. The molecule has 2 rings (SSSR count). The van der Waals surface area contributed by atoms with Gasteiger partial charge in [-0.25, -0.2) is 13.6 Å². The number of benzene rings is 1. The molecule has 0 aromatic heterocycles. The Morgan fingerprint density at radius 3 is 2.43 bits per heavy atom. The highest BCUT2D eigenvalue weighted by Gasteiger charge is 2.25. The largest absolute Gasteiger partial charge is 0.486 e. The Morgan fingerprint density at radius 1 is 1.26 bits per heavy atom. The maximum Gasteiger partial charge on any atom is 0.326 e. The summed E-state index contributed by atoms with van der Waals surface area (Å²) in [6, 6.07) is 1.62. The third-order valence-electron chi connectivity index (χ3n) is 3.11. The molecule has 1 aromatic rings. The Hall–Kier alpha value is -1.90. The first-order chi connectivity index (χ1) is 10.9. The van der Waals surface area contributed by atoms with Gasteiger partial charge in [-0.2, -0.15) is 0 Å². The minimum atomic E-state index is -2.82. The minimum Gasteiger partial charge on any atom is -0.486 e. The Kier molecular flexibility index (Phi) is 5.75. The molecule has 0 aliphatic carbocycles. The van der Waals surface area contributed by atoms with Crippen molar-refractivity contribution >= 4 is 27.8 Å². The molecule has 0 saturated carbocycles. The number of amides is 1. The number of ether oxygens (including phenoxy) is 2. The summed E-state index contributed by atoms with van der Waals surface area (Å²) in [7, 11) is 0. The van der Waals surface area contributed by atoms with Gasteiger partial charge in [-0.15, -0.1) is 0 Å². The van der Waals surface area contributed by atoms with Gasteiger partial charge in [0.25, 0.3) is 0 Å². The quantitative estimate of drug-likeness (QED) is 0.771. The number of hydrogen-bond donors (Lipinski definition) is 2. The number of halogens is 3. The fraction of sp³-hybridized carbons (Fsp3) is 0.429. The second-order valence-electron chi connectivity index (χ2n) is 4.85. The molecule has 0 radical (unpaired) electrons. The average Bonchev–Trinajstić information content (AvgIpc) is 2.46. The van der Waals surface area contributed by atoms with Crippen LogP contribution in [0.1, 0.15) is 12.0 Å². The summed E-state index contributed by atoms with van der Waals surface area (Å²) in [5.41, 5.74) is 0.535. The first-order valence-electron chi connectivity index (χ1n) is 6.75. The van der Waals surface area contributed by atoms with Crippen molar-refractivity contribution in [3.63, 3.8) is 0 Å². The van der Waals surface area contributed by atoms with Gasteiger partial charge in [0.2, 0.25) is 12.3 Å². The van der Waals surface area contributed by atoms with Crippen LogP contribution < -0.4 is 14.8 Å². The SMILES string of the molecule is O=C(Cc1cc2c(cc1Br)OCCO2)NC(CC(F)F)C(=O)O. The van der Waals surface area contributed by atoms with Crippen LogP contribution in [0.15, 0.2) is 16.6 Å². The van der Waals surface area contributed by atoms with Gasteiger partial charge < -0.3 is 19.9 Å². The molecule has 1 aromatic carbocycles. The second kappa shape index (κ2) is 7.58. The van der Waals surface area contributed by atoms with Crippen molar-refractivity contribution in [3.8, 4) is 11.5 Å². The number of rotatable bonds is 6. The first kappa shape index (κ1) is 17.5. The number of hydrogen-bond acceptors (Lipinski definition) is 4. The van der Waals surface area contributed by atoms with Crippen LogP contribution in [0.3, 0.4) is 0 Å². The number of fused-ring (bicyclic) bond motifs is 1. The monoisotopic (exact) mass is 393 g/mol. The number of carbonyl (C=O) groups excluding carboxylic acids is 1. The Bertz CT molecular complexity index is 611. The molecule has 0 fully saturated rings. The zero-order valence-electron chi connectivity index (χ0n) is 11.9. The maximum absolute atomic E-state index is 12.3. The lowest BCUT2D eigenvalue weighted by molar-refractivity contribution is -0.142. The van der Waals surface area contributed by atoms with Gasteiger partial charge >= 0.3 is 5.97 Å². The topological polar surface area (TPSA) is 84.9 Å². The van der Waals surface area contributed by atoms with E-state index in [9.17, 15) is 18.4 Å². The predicted molar refractivity (Wildman–Crippen MR) is 79.0 cm³/mol. The number of carbonyl (C=O) groups is 2. The smallest absolute Gasteiger partial charge is 0.326 e. The number of nitrogens with one attached hydrogen (secondary N) is 1. The van der Waals surface area contributed by atoms with Gasteiger partial charge in [0.15, 0.2) is 11.5 Å². The zero-order valence-corrected chi connectivity index (χ0v) is 13.4. The third-order valence-corrected chi connectivity index (χ3v) is 3.85. The summed E-state index contributed by atoms with van der Waals surface area (Å²) in [5, 5.41) is 10.9. The maximum atomic E-state index is 12.3. The van der Waals surface area contributed by atoms with Crippen molar-refractivity contribution < 1.29 is 33.0 Å². The molecule has 1 heterocycles. The van der Waals surface area contributed by atoms with E-state index in [4.69, 9.17) is 14.6 Å². The van der Waals surface area contributed by atoms with Gasteiger partial charge in [-0.05, 0) is 17.7 Å². The summed E-state index contributed by atoms with van der Waals surface area (Å²) < 4.78 is 36.0. The lowest BCUT2D eigenvalue weighted by Gasteiger charge is -2.20. The molecule has 1 amide bonds. The molecule has 2 N–H and O–H groups in total. The molecule has 0 spiro atoms. The number of aliphatic carboxylic acids is 1. The Labute approximate surface area is 138 Å². The molecule has 6 nitrogen and oxygen atoms in total. The summed E-state index contributed by atoms with van der Waals surface area (Å²) in [6.07, 6.45) is -3.94. The van der Waals surface area contributed by atoms with E-state index in [-0.39, 0.29) is 6.42 Å². The van der Waals surface area contributed by atoms with E-state index in [0.29, 0.717) is 34.7 Å². The van der Waals surface area contributed by atoms with Crippen molar-refractivity contribution in [2.75, 3.05) is 13.2 Å². The average molecular weight is 394 g/mol. The summed E-state index contributed by atoms with van der Waals surface area (Å²) in [6.45, 7) is 0.808.